The van der Waals surface area contributed by atoms with E-state index in [9.17, 15) is 18.0 Å². The standard InChI is InChI=1S/C15H18BF3O4/c1-14(2)15(3,4)23-16(22-14)9(7-11(20)21)8-5-6-10(17)13(19)12(8)18/h5-6,9H,7H2,1-4H3,(H,20,21). The van der Waals surface area contributed by atoms with Crippen LogP contribution < -0.4 is 0 Å². The number of carbonyl (C=O) groups is 1. The molecule has 0 radical (unpaired) electrons. The summed E-state index contributed by atoms with van der Waals surface area (Å²) >= 11 is 0. The van der Waals surface area contributed by atoms with Crippen molar-refractivity contribution in [2.75, 3.05) is 0 Å². The van der Waals surface area contributed by atoms with Crippen LogP contribution in [0.2, 0.25) is 0 Å². The van der Waals surface area contributed by atoms with Crippen molar-refractivity contribution < 1.29 is 32.4 Å². The predicted molar refractivity (Wildman–Crippen MR) is 77.4 cm³/mol. The molecule has 1 unspecified atom stereocenters. The van der Waals surface area contributed by atoms with Gasteiger partial charge in [0.05, 0.1) is 17.6 Å². The van der Waals surface area contributed by atoms with E-state index in [1.165, 1.54) is 0 Å². The summed E-state index contributed by atoms with van der Waals surface area (Å²) in [6.45, 7) is 7.03. The van der Waals surface area contributed by atoms with E-state index in [0.717, 1.165) is 12.1 Å². The van der Waals surface area contributed by atoms with E-state index < -0.39 is 54.0 Å². The van der Waals surface area contributed by atoms with Gasteiger partial charge in [-0.05, 0) is 39.3 Å². The molecule has 4 nitrogen and oxygen atoms in total. The second-order valence-electron chi connectivity index (χ2n) is 6.59. The molecule has 1 aliphatic heterocycles. The molecular weight excluding hydrogens is 312 g/mol. The van der Waals surface area contributed by atoms with E-state index in [2.05, 4.69) is 0 Å². The number of carboxylic acids is 1. The van der Waals surface area contributed by atoms with Gasteiger partial charge < -0.3 is 14.4 Å². The summed E-state index contributed by atoms with van der Waals surface area (Å²) in [6.07, 6.45) is -0.543. The van der Waals surface area contributed by atoms with Gasteiger partial charge in [0.2, 0.25) is 0 Å². The molecule has 1 aromatic carbocycles. The molecule has 0 amide bonds. The van der Waals surface area contributed by atoms with Gasteiger partial charge in [-0.1, -0.05) is 6.07 Å². The van der Waals surface area contributed by atoms with Crippen molar-refractivity contribution >= 4 is 13.1 Å². The number of halogens is 3. The van der Waals surface area contributed by atoms with Crippen molar-refractivity contribution in [2.45, 2.75) is 51.1 Å². The number of benzene rings is 1. The van der Waals surface area contributed by atoms with E-state index >= 15 is 0 Å². The number of carboxylic acid groups (broad SMARTS) is 1. The third-order valence-electron chi connectivity index (χ3n) is 4.46. The molecule has 1 aliphatic rings. The fourth-order valence-corrected chi connectivity index (χ4v) is 2.42. The normalized spacial score (nSPS) is 20.6. The molecule has 8 heteroatoms. The highest BCUT2D eigenvalue weighted by atomic mass is 19.2. The smallest absolute Gasteiger partial charge is 0.466 e. The van der Waals surface area contributed by atoms with Gasteiger partial charge in [0.25, 0.3) is 0 Å². The van der Waals surface area contributed by atoms with Crippen LogP contribution in [0.25, 0.3) is 0 Å². The van der Waals surface area contributed by atoms with Crippen molar-refractivity contribution in [3.8, 4) is 0 Å². The Bertz CT molecular complexity index is 617. The Morgan fingerprint density at radius 3 is 2.13 bits per heavy atom. The summed E-state index contributed by atoms with van der Waals surface area (Å²) < 4.78 is 52.2. The summed E-state index contributed by atoms with van der Waals surface area (Å²) in [5.74, 6) is -6.74. The SMILES string of the molecule is CC1(C)OB(C(CC(=O)O)c2ccc(F)c(F)c2F)OC1(C)C. The van der Waals surface area contributed by atoms with Crippen LogP contribution in [-0.2, 0) is 14.1 Å². The Balaban J connectivity index is 2.44. The minimum Gasteiger partial charge on any atom is -0.481 e. The average Bonchev–Trinajstić information content (AvgIpc) is 2.63. The average molecular weight is 330 g/mol. The third kappa shape index (κ3) is 3.23. The third-order valence-corrected chi connectivity index (χ3v) is 4.46. The summed E-state index contributed by atoms with van der Waals surface area (Å²) in [4.78, 5) is 11.1. The van der Waals surface area contributed by atoms with Gasteiger partial charge >= 0.3 is 13.1 Å². The number of hydrogen-bond acceptors (Lipinski definition) is 3. The first-order chi connectivity index (χ1) is 10.5. The number of rotatable bonds is 4. The molecule has 1 fully saturated rings. The molecular formula is C15H18BF3O4. The van der Waals surface area contributed by atoms with E-state index in [1.54, 1.807) is 27.7 Å². The summed E-state index contributed by atoms with van der Waals surface area (Å²) in [6, 6.07) is 1.78. The number of hydrogen-bond donors (Lipinski definition) is 1. The summed E-state index contributed by atoms with van der Waals surface area (Å²) in [5.41, 5.74) is -1.81. The molecule has 1 aromatic rings. The second kappa shape index (κ2) is 5.83. The molecule has 0 saturated carbocycles. The Morgan fingerprint density at radius 2 is 1.65 bits per heavy atom. The largest absolute Gasteiger partial charge is 0.481 e. The first-order valence-electron chi connectivity index (χ1n) is 7.17. The van der Waals surface area contributed by atoms with Crippen LogP contribution in [0.5, 0.6) is 0 Å². The summed E-state index contributed by atoms with van der Waals surface area (Å²) in [5, 5.41) is 9.08. The van der Waals surface area contributed by atoms with Gasteiger partial charge in [-0.3, -0.25) is 4.79 Å². The van der Waals surface area contributed by atoms with E-state index in [4.69, 9.17) is 14.4 Å². The number of aliphatic carboxylic acids is 1. The maximum Gasteiger partial charge on any atom is 0.466 e. The second-order valence-corrected chi connectivity index (χ2v) is 6.59. The lowest BCUT2D eigenvalue weighted by Crippen LogP contribution is -2.41. The molecule has 1 saturated heterocycles. The fraction of sp³-hybridized carbons (Fsp3) is 0.533. The predicted octanol–water partition coefficient (Wildman–Crippen LogP) is 3.29. The van der Waals surface area contributed by atoms with Crippen molar-refractivity contribution in [3.05, 3.63) is 35.1 Å². The molecule has 1 atom stereocenters. The van der Waals surface area contributed by atoms with Crippen molar-refractivity contribution in [1.82, 2.24) is 0 Å². The first kappa shape index (κ1) is 17.8. The monoisotopic (exact) mass is 330 g/mol. The Hall–Kier alpha value is -1.54. The zero-order valence-corrected chi connectivity index (χ0v) is 13.3. The van der Waals surface area contributed by atoms with Crippen molar-refractivity contribution in [3.63, 3.8) is 0 Å². The lowest BCUT2D eigenvalue weighted by Gasteiger charge is -2.32. The van der Waals surface area contributed by atoms with Crippen LogP contribution in [-0.4, -0.2) is 29.4 Å². The lowest BCUT2D eigenvalue weighted by atomic mass is 9.66. The lowest BCUT2D eigenvalue weighted by molar-refractivity contribution is -0.137. The molecule has 1 heterocycles. The molecule has 0 spiro atoms. The van der Waals surface area contributed by atoms with Gasteiger partial charge in [0.15, 0.2) is 17.5 Å². The molecule has 126 valence electrons. The van der Waals surface area contributed by atoms with Crippen molar-refractivity contribution in [2.24, 2.45) is 0 Å². The van der Waals surface area contributed by atoms with Crippen LogP contribution >= 0.6 is 0 Å². The Morgan fingerprint density at radius 1 is 1.13 bits per heavy atom. The highest BCUT2D eigenvalue weighted by molar-refractivity contribution is 6.48. The Labute approximate surface area is 132 Å². The topological polar surface area (TPSA) is 55.8 Å². The molecule has 1 N–H and O–H groups in total. The van der Waals surface area contributed by atoms with Crippen LogP contribution in [0.3, 0.4) is 0 Å². The Kier molecular flexibility index (Phi) is 4.52. The van der Waals surface area contributed by atoms with Crippen molar-refractivity contribution in [1.29, 1.82) is 0 Å². The van der Waals surface area contributed by atoms with Gasteiger partial charge in [-0.25, -0.2) is 13.2 Å². The van der Waals surface area contributed by atoms with E-state index in [1.807, 2.05) is 0 Å². The fourth-order valence-electron chi connectivity index (χ4n) is 2.42. The molecule has 23 heavy (non-hydrogen) atoms. The van der Waals surface area contributed by atoms with Gasteiger partial charge in [0, 0.05) is 5.82 Å². The van der Waals surface area contributed by atoms with Crippen LogP contribution in [0.4, 0.5) is 13.2 Å². The minimum absolute atomic E-state index is 0.287. The zero-order chi connectivity index (χ0) is 17.6. The molecule has 0 aliphatic carbocycles. The van der Waals surface area contributed by atoms with Crippen LogP contribution in [0, 0.1) is 17.5 Å². The molecule has 0 aromatic heterocycles. The first-order valence-corrected chi connectivity index (χ1v) is 7.17. The highest BCUT2D eigenvalue weighted by Gasteiger charge is 2.54. The van der Waals surface area contributed by atoms with Gasteiger partial charge in [-0.15, -0.1) is 0 Å². The zero-order valence-electron chi connectivity index (χ0n) is 13.3. The maximum atomic E-state index is 14.1. The quantitative estimate of drug-likeness (QED) is 0.680. The van der Waals surface area contributed by atoms with Gasteiger partial charge in [-0.2, -0.15) is 0 Å². The molecule has 2 rings (SSSR count). The maximum absolute atomic E-state index is 14.1. The minimum atomic E-state index is -1.64. The molecule has 0 bridgehead atoms. The van der Waals surface area contributed by atoms with E-state index in [0.29, 0.717) is 0 Å². The summed E-state index contributed by atoms with van der Waals surface area (Å²) in [7, 11) is -1.09. The van der Waals surface area contributed by atoms with Crippen LogP contribution in [0.15, 0.2) is 12.1 Å². The van der Waals surface area contributed by atoms with E-state index in [-0.39, 0.29) is 5.56 Å². The highest BCUT2D eigenvalue weighted by Crippen LogP contribution is 2.42. The van der Waals surface area contributed by atoms with Crippen LogP contribution in [0.1, 0.15) is 45.5 Å². The van der Waals surface area contributed by atoms with Gasteiger partial charge in [0.1, 0.15) is 0 Å².